The Bertz CT molecular complexity index is 811. The van der Waals surface area contributed by atoms with E-state index in [0.29, 0.717) is 10.8 Å². The van der Waals surface area contributed by atoms with Gasteiger partial charge in [0.05, 0.1) is 0 Å². The van der Waals surface area contributed by atoms with Gasteiger partial charge in [-0.15, -0.1) is 11.3 Å². The van der Waals surface area contributed by atoms with Crippen LogP contribution in [0.4, 0.5) is 5.13 Å². The van der Waals surface area contributed by atoms with E-state index in [2.05, 4.69) is 21.5 Å². The van der Waals surface area contributed by atoms with Gasteiger partial charge in [0.2, 0.25) is 0 Å². The van der Waals surface area contributed by atoms with Crippen molar-refractivity contribution in [2.24, 2.45) is 0 Å². The highest BCUT2D eigenvalue weighted by Gasteiger charge is 2.11. The van der Waals surface area contributed by atoms with E-state index in [-0.39, 0.29) is 12.6 Å². The predicted octanol–water partition coefficient (Wildman–Crippen LogP) is 3.25. The maximum atomic E-state index is 12.0. The molecule has 3 rings (SSSR count). The Hall–Kier alpha value is -2.67. The quantitative estimate of drug-likeness (QED) is 0.780. The molecule has 0 unspecified atom stereocenters. The van der Waals surface area contributed by atoms with Crippen LogP contribution in [0.3, 0.4) is 0 Å². The Balaban J connectivity index is 1.62. The van der Waals surface area contributed by atoms with E-state index in [1.54, 1.807) is 28.5 Å². The third kappa shape index (κ3) is 3.75. The van der Waals surface area contributed by atoms with Crippen LogP contribution < -0.4 is 10.1 Å². The molecule has 1 N–H and O–H groups in total. The summed E-state index contributed by atoms with van der Waals surface area (Å²) in [5, 5.41) is 9.25. The molecule has 0 saturated carbocycles. The molecule has 0 aliphatic rings. The van der Waals surface area contributed by atoms with E-state index in [4.69, 9.17) is 4.74 Å². The lowest BCUT2D eigenvalue weighted by atomic mass is 10.1. The minimum absolute atomic E-state index is 0.244. The number of rotatable bonds is 5. The number of anilines is 1. The fraction of sp³-hybridized carbons (Fsp3) is 0.188. The van der Waals surface area contributed by atoms with Gasteiger partial charge in [-0.05, 0) is 31.5 Å². The maximum Gasteiger partial charge on any atom is 0.277 e. The number of nitrogens with zero attached hydrogens (tertiary/aromatic N) is 3. The number of aryl methyl sites for hydroxylation is 2. The van der Waals surface area contributed by atoms with Gasteiger partial charge in [-0.25, -0.2) is 9.67 Å². The minimum Gasteiger partial charge on any atom is -0.471 e. The molecular formula is C16H16N4O2S. The summed E-state index contributed by atoms with van der Waals surface area (Å²) < 4.78 is 7.31. The van der Waals surface area contributed by atoms with Crippen LogP contribution in [0.2, 0.25) is 0 Å². The number of thiazole rings is 1. The predicted molar refractivity (Wildman–Crippen MR) is 88.8 cm³/mol. The van der Waals surface area contributed by atoms with Crippen LogP contribution in [0, 0.1) is 13.8 Å². The van der Waals surface area contributed by atoms with Gasteiger partial charge in [-0.3, -0.25) is 10.1 Å². The summed E-state index contributed by atoms with van der Waals surface area (Å²) in [7, 11) is 0. The number of ether oxygens (including phenoxy) is 1. The fourth-order valence-electron chi connectivity index (χ4n) is 2.10. The summed E-state index contributed by atoms with van der Waals surface area (Å²) >= 11 is 1.36. The molecule has 0 fully saturated rings. The van der Waals surface area contributed by atoms with Crippen molar-refractivity contribution in [3.05, 3.63) is 58.9 Å². The number of hydrogen-bond acceptors (Lipinski definition) is 5. The second-order valence-electron chi connectivity index (χ2n) is 5.07. The van der Waals surface area contributed by atoms with E-state index in [1.807, 2.05) is 26.0 Å². The van der Waals surface area contributed by atoms with Crippen molar-refractivity contribution in [2.45, 2.75) is 20.6 Å². The number of carbonyl (C=O) groups excluding carboxylic acids is 1. The topological polar surface area (TPSA) is 69.0 Å². The van der Waals surface area contributed by atoms with Crippen LogP contribution in [0.1, 0.15) is 21.6 Å². The number of carbonyl (C=O) groups is 1. The minimum atomic E-state index is -0.287. The van der Waals surface area contributed by atoms with Gasteiger partial charge in [0.25, 0.3) is 5.91 Å². The van der Waals surface area contributed by atoms with E-state index < -0.39 is 0 Å². The zero-order chi connectivity index (χ0) is 16.2. The second kappa shape index (κ2) is 6.62. The van der Waals surface area contributed by atoms with Crippen LogP contribution in [-0.4, -0.2) is 20.7 Å². The zero-order valence-corrected chi connectivity index (χ0v) is 13.6. The molecule has 6 nitrogen and oxygen atoms in total. The summed E-state index contributed by atoms with van der Waals surface area (Å²) in [4.78, 5) is 16.0. The Morgan fingerprint density at radius 3 is 2.96 bits per heavy atom. The van der Waals surface area contributed by atoms with E-state index in [1.165, 1.54) is 16.9 Å². The first-order chi connectivity index (χ1) is 11.1. The molecule has 0 spiro atoms. The monoisotopic (exact) mass is 328 g/mol. The van der Waals surface area contributed by atoms with Gasteiger partial charge in [0.15, 0.2) is 17.6 Å². The summed E-state index contributed by atoms with van der Waals surface area (Å²) in [5.41, 5.74) is 2.58. The molecule has 2 aromatic heterocycles. The average Bonchev–Trinajstić information content (AvgIpc) is 3.17. The molecule has 0 atom stereocenters. The largest absolute Gasteiger partial charge is 0.471 e. The molecule has 0 aliphatic carbocycles. The molecule has 7 heteroatoms. The molecule has 2 heterocycles. The second-order valence-corrected chi connectivity index (χ2v) is 5.97. The molecular weight excluding hydrogens is 312 g/mol. The average molecular weight is 328 g/mol. The molecule has 3 aromatic rings. The van der Waals surface area contributed by atoms with Gasteiger partial charge < -0.3 is 4.74 Å². The van der Waals surface area contributed by atoms with Gasteiger partial charge in [0, 0.05) is 17.8 Å². The van der Waals surface area contributed by atoms with Gasteiger partial charge in [-0.1, -0.05) is 17.7 Å². The molecule has 0 radical (unpaired) electrons. The number of hydrogen-bond donors (Lipinski definition) is 1. The summed E-state index contributed by atoms with van der Waals surface area (Å²) in [5.74, 6) is 0.519. The SMILES string of the molecule is Cc1ccc(OCn2ccc(C(=O)Nc3nccs3)n2)c(C)c1. The van der Waals surface area contributed by atoms with Crippen LogP contribution in [0.15, 0.2) is 42.0 Å². The lowest BCUT2D eigenvalue weighted by Gasteiger charge is -2.09. The molecule has 0 aliphatic heterocycles. The number of aromatic nitrogens is 3. The van der Waals surface area contributed by atoms with Gasteiger partial charge in [-0.2, -0.15) is 5.10 Å². The van der Waals surface area contributed by atoms with Gasteiger partial charge in [0.1, 0.15) is 5.75 Å². The van der Waals surface area contributed by atoms with Gasteiger partial charge >= 0.3 is 0 Å². The Kier molecular flexibility index (Phi) is 4.38. The van der Waals surface area contributed by atoms with E-state index in [9.17, 15) is 4.79 Å². The van der Waals surface area contributed by atoms with Crippen molar-refractivity contribution < 1.29 is 9.53 Å². The maximum absolute atomic E-state index is 12.0. The number of amides is 1. The standard InChI is InChI=1S/C16H16N4O2S/c1-11-3-4-14(12(2)9-11)22-10-20-7-5-13(19-20)15(21)18-16-17-6-8-23-16/h3-9H,10H2,1-2H3,(H,17,18,21). The third-order valence-electron chi connectivity index (χ3n) is 3.21. The Morgan fingerprint density at radius 2 is 2.22 bits per heavy atom. The molecule has 118 valence electrons. The van der Waals surface area contributed by atoms with Crippen LogP contribution >= 0.6 is 11.3 Å². The molecule has 23 heavy (non-hydrogen) atoms. The molecule has 0 saturated heterocycles. The van der Waals surface area contributed by atoms with Crippen molar-refractivity contribution >= 4 is 22.4 Å². The van der Waals surface area contributed by atoms with Crippen LogP contribution in [0.5, 0.6) is 5.75 Å². The van der Waals surface area contributed by atoms with Crippen molar-refractivity contribution in [1.29, 1.82) is 0 Å². The Labute approximate surface area is 137 Å². The number of benzene rings is 1. The normalized spacial score (nSPS) is 10.5. The van der Waals surface area contributed by atoms with Crippen molar-refractivity contribution in [3.63, 3.8) is 0 Å². The highest BCUT2D eigenvalue weighted by atomic mass is 32.1. The molecule has 0 bridgehead atoms. The summed E-state index contributed by atoms with van der Waals surface area (Å²) in [6.07, 6.45) is 3.34. The number of nitrogens with one attached hydrogen (secondary N) is 1. The lowest BCUT2D eigenvalue weighted by molar-refractivity contribution is 0.102. The van der Waals surface area contributed by atoms with Crippen molar-refractivity contribution in [3.8, 4) is 5.75 Å². The molecule has 1 aromatic carbocycles. The van der Waals surface area contributed by atoms with E-state index >= 15 is 0 Å². The van der Waals surface area contributed by atoms with Crippen molar-refractivity contribution in [1.82, 2.24) is 14.8 Å². The first kappa shape index (κ1) is 15.2. The fourth-order valence-corrected chi connectivity index (χ4v) is 2.62. The smallest absolute Gasteiger partial charge is 0.277 e. The Morgan fingerprint density at radius 1 is 1.35 bits per heavy atom. The van der Waals surface area contributed by atoms with E-state index in [0.717, 1.165) is 11.3 Å². The highest BCUT2D eigenvalue weighted by molar-refractivity contribution is 7.13. The van der Waals surface area contributed by atoms with Crippen LogP contribution in [-0.2, 0) is 6.73 Å². The molecule has 1 amide bonds. The summed E-state index contributed by atoms with van der Waals surface area (Å²) in [6, 6.07) is 7.64. The van der Waals surface area contributed by atoms with Crippen molar-refractivity contribution in [2.75, 3.05) is 5.32 Å². The third-order valence-corrected chi connectivity index (χ3v) is 3.90. The summed E-state index contributed by atoms with van der Waals surface area (Å²) in [6.45, 7) is 4.28. The zero-order valence-electron chi connectivity index (χ0n) is 12.8. The highest BCUT2D eigenvalue weighted by Crippen LogP contribution is 2.19. The lowest BCUT2D eigenvalue weighted by Crippen LogP contribution is -2.14. The first-order valence-corrected chi connectivity index (χ1v) is 7.94. The van der Waals surface area contributed by atoms with Crippen LogP contribution in [0.25, 0.3) is 0 Å². The first-order valence-electron chi connectivity index (χ1n) is 7.06.